The third-order valence-electron chi connectivity index (χ3n) is 10.8. The third-order valence-corrected chi connectivity index (χ3v) is 10.8. The van der Waals surface area contributed by atoms with E-state index in [2.05, 4.69) is 38.9 Å². The fraction of sp³-hybridized carbons (Fsp3) is 0.857. The molecule has 0 radical (unpaired) electrons. The van der Waals surface area contributed by atoms with Crippen molar-refractivity contribution in [1.29, 1.82) is 5.26 Å². The fourth-order valence-corrected chi connectivity index (χ4v) is 9.18. The van der Waals surface area contributed by atoms with Gasteiger partial charge < -0.3 is 5.11 Å². The van der Waals surface area contributed by atoms with Gasteiger partial charge in [-0.25, -0.2) is 0 Å². The molecule has 0 bridgehead atoms. The average Bonchev–Trinajstić information content (AvgIpc) is 3.39. The van der Waals surface area contributed by atoms with Gasteiger partial charge in [-0.2, -0.15) is 10.4 Å². The number of rotatable bonds is 3. The summed E-state index contributed by atoms with van der Waals surface area (Å²) in [5.41, 5.74) is 1.21. The summed E-state index contributed by atoms with van der Waals surface area (Å²) >= 11 is 0. The number of aliphatic hydroxyl groups is 1. The Morgan fingerprint density at radius 1 is 1.09 bits per heavy atom. The molecule has 10 unspecified atom stereocenters. The van der Waals surface area contributed by atoms with E-state index in [1.165, 1.54) is 51.4 Å². The minimum Gasteiger partial charge on any atom is -0.400 e. The molecule has 1 N–H and O–H groups in total. The Morgan fingerprint density at radius 2 is 1.84 bits per heavy atom. The van der Waals surface area contributed by atoms with Crippen LogP contribution < -0.4 is 0 Å². The Kier molecular flexibility index (Phi) is 7.06. The molecule has 1 aromatic heterocycles. The van der Waals surface area contributed by atoms with Gasteiger partial charge in [0.05, 0.1) is 11.8 Å². The molecule has 0 spiro atoms. The molecular formula is C28H45N3O. The molecule has 1 heterocycles. The summed E-state index contributed by atoms with van der Waals surface area (Å²) in [6.07, 6.45) is 15.5. The quantitative estimate of drug-likeness (QED) is 0.614. The van der Waals surface area contributed by atoms with Crippen molar-refractivity contribution in [1.82, 2.24) is 9.78 Å². The molecule has 10 atom stereocenters. The van der Waals surface area contributed by atoms with Crippen LogP contribution >= 0.6 is 0 Å². The highest BCUT2D eigenvalue weighted by atomic mass is 16.2. The average molecular weight is 440 g/mol. The molecule has 4 fully saturated rings. The van der Waals surface area contributed by atoms with Crippen molar-refractivity contribution in [2.45, 2.75) is 85.6 Å². The molecule has 0 amide bonds. The van der Waals surface area contributed by atoms with Gasteiger partial charge in [0.1, 0.15) is 6.07 Å². The highest BCUT2D eigenvalue weighted by molar-refractivity contribution is 5.21. The minimum atomic E-state index is 0.520. The van der Waals surface area contributed by atoms with E-state index < -0.39 is 0 Å². The van der Waals surface area contributed by atoms with Crippen LogP contribution in [0.5, 0.6) is 0 Å². The Bertz CT molecular complexity index is 812. The smallest absolute Gasteiger partial charge is 0.102 e. The first-order valence-corrected chi connectivity index (χ1v) is 13.3. The van der Waals surface area contributed by atoms with Crippen LogP contribution in [0.1, 0.15) is 84.6 Å². The lowest BCUT2D eigenvalue weighted by Gasteiger charge is -2.57. The Labute approximate surface area is 195 Å². The molecule has 5 rings (SSSR count). The van der Waals surface area contributed by atoms with Crippen molar-refractivity contribution < 1.29 is 5.11 Å². The number of hydrogen-bond donors (Lipinski definition) is 1. The molecule has 4 aliphatic rings. The standard InChI is InChI=1S/C27H41N3.CH4O/c1-17-11-21-5-6-23-22(24(21)12-18(17)2)9-10-27(4)25(7-8-26(23)27)19(3)15-30-16-20(13-28)14-29-30;1-2/h14,16-19,21-26H,5-12,15H2,1-4H3;2H,1H3. The molecule has 178 valence electrons. The van der Waals surface area contributed by atoms with Crippen LogP contribution in [-0.4, -0.2) is 22.0 Å². The SMILES string of the molecule is CC1CC2CCC3C(CCC4(C)C(C(C)Cn5cc(C#N)cn5)CCC34)C2CC1C.CO. The molecule has 0 aliphatic heterocycles. The fourth-order valence-electron chi connectivity index (χ4n) is 9.18. The highest BCUT2D eigenvalue weighted by Gasteiger charge is 2.57. The number of fused-ring (bicyclic) bond motifs is 5. The minimum absolute atomic E-state index is 0.520. The van der Waals surface area contributed by atoms with Gasteiger partial charge in [0.15, 0.2) is 0 Å². The number of nitriles is 1. The van der Waals surface area contributed by atoms with E-state index in [-0.39, 0.29) is 0 Å². The van der Waals surface area contributed by atoms with Gasteiger partial charge >= 0.3 is 0 Å². The van der Waals surface area contributed by atoms with Crippen molar-refractivity contribution >= 4 is 0 Å². The van der Waals surface area contributed by atoms with E-state index in [4.69, 9.17) is 10.4 Å². The number of hydrogen-bond acceptors (Lipinski definition) is 3. The predicted octanol–water partition coefficient (Wildman–Crippen LogP) is 6.15. The molecule has 4 aliphatic carbocycles. The molecule has 4 heteroatoms. The van der Waals surface area contributed by atoms with Gasteiger partial charge in [-0.1, -0.05) is 27.7 Å². The van der Waals surface area contributed by atoms with Crippen LogP contribution in [0.15, 0.2) is 12.4 Å². The second-order valence-electron chi connectivity index (χ2n) is 12.1. The van der Waals surface area contributed by atoms with Gasteiger partial charge in [0, 0.05) is 19.9 Å². The molecule has 32 heavy (non-hydrogen) atoms. The van der Waals surface area contributed by atoms with Crippen molar-refractivity contribution in [2.24, 2.45) is 58.7 Å². The second-order valence-corrected chi connectivity index (χ2v) is 12.1. The van der Waals surface area contributed by atoms with Gasteiger partial charge in [-0.05, 0) is 110 Å². The normalized spacial score (nSPS) is 43.7. The van der Waals surface area contributed by atoms with Gasteiger partial charge in [-0.3, -0.25) is 4.68 Å². The monoisotopic (exact) mass is 439 g/mol. The third kappa shape index (κ3) is 4.04. The number of nitrogens with zero attached hydrogens (tertiary/aromatic N) is 3. The molecule has 1 aromatic rings. The van der Waals surface area contributed by atoms with Crippen LogP contribution in [0, 0.1) is 70.0 Å². The topological polar surface area (TPSA) is 61.8 Å². The predicted molar refractivity (Wildman–Crippen MR) is 129 cm³/mol. The van der Waals surface area contributed by atoms with Crippen molar-refractivity contribution in [3.63, 3.8) is 0 Å². The Balaban J connectivity index is 0.00000119. The zero-order valence-corrected chi connectivity index (χ0v) is 21.0. The van der Waals surface area contributed by atoms with Crippen LogP contribution in [0.25, 0.3) is 0 Å². The Hall–Kier alpha value is -1.34. The van der Waals surface area contributed by atoms with Crippen LogP contribution in [-0.2, 0) is 6.54 Å². The first kappa shape index (κ1) is 23.8. The van der Waals surface area contributed by atoms with E-state index in [9.17, 15) is 0 Å². The van der Waals surface area contributed by atoms with Gasteiger partial charge in [0.25, 0.3) is 0 Å². The summed E-state index contributed by atoms with van der Waals surface area (Å²) in [7, 11) is 1.00. The highest BCUT2D eigenvalue weighted by Crippen LogP contribution is 2.65. The second kappa shape index (κ2) is 9.49. The first-order chi connectivity index (χ1) is 15.4. The van der Waals surface area contributed by atoms with Crippen LogP contribution in [0.2, 0.25) is 0 Å². The molecular weight excluding hydrogens is 394 g/mol. The molecule has 4 nitrogen and oxygen atoms in total. The maximum absolute atomic E-state index is 9.11. The summed E-state index contributed by atoms with van der Waals surface area (Å²) in [4.78, 5) is 0. The van der Waals surface area contributed by atoms with Crippen LogP contribution in [0.3, 0.4) is 0 Å². The lowest BCUT2D eigenvalue weighted by Crippen LogP contribution is -2.50. The largest absolute Gasteiger partial charge is 0.400 e. The first-order valence-electron chi connectivity index (χ1n) is 13.3. The van der Waals surface area contributed by atoms with E-state index in [0.717, 1.165) is 61.0 Å². The summed E-state index contributed by atoms with van der Waals surface area (Å²) in [5, 5.41) is 20.6. The van der Waals surface area contributed by atoms with Crippen molar-refractivity contribution in [3.05, 3.63) is 18.0 Å². The van der Waals surface area contributed by atoms with Crippen LogP contribution in [0.4, 0.5) is 0 Å². The Morgan fingerprint density at radius 3 is 2.56 bits per heavy atom. The summed E-state index contributed by atoms with van der Waals surface area (Å²) in [6.45, 7) is 11.1. The molecule has 0 saturated heterocycles. The molecule has 4 saturated carbocycles. The van der Waals surface area contributed by atoms with Gasteiger partial charge in [-0.15, -0.1) is 0 Å². The van der Waals surface area contributed by atoms with E-state index in [1.807, 2.05) is 10.9 Å². The lowest BCUT2D eigenvalue weighted by molar-refractivity contribution is -0.0811. The molecule has 0 aromatic carbocycles. The maximum Gasteiger partial charge on any atom is 0.102 e. The van der Waals surface area contributed by atoms with Crippen molar-refractivity contribution in [2.75, 3.05) is 7.11 Å². The summed E-state index contributed by atoms with van der Waals surface area (Å²) in [6, 6.07) is 2.22. The summed E-state index contributed by atoms with van der Waals surface area (Å²) in [5.74, 6) is 8.35. The van der Waals surface area contributed by atoms with E-state index in [1.54, 1.807) is 6.20 Å². The van der Waals surface area contributed by atoms with E-state index >= 15 is 0 Å². The van der Waals surface area contributed by atoms with Gasteiger partial charge in [0.2, 0.25) is 0 Å². The zero-order valence-electron chi connectivity index (χ0n) is 21.0. The number of aliphatic hydroxyl groups excluding tert-OH is 1. The van der Waals surface area contributed by atoms with Crippen molar-refractivity contribution in [3.8, 4) is 6.07 Å². The maximum atomic E-state index is 9.11. The zero-order chi connectivity index (χ0) is 23.0. The lowest BCUT2D eigenvalue weighted by atomic mass is 9.48. The van der Waals surface area contributed by atoms with E-state index in [0.29, 0.717) is 16.9 Å². The number of aromatic nitrogens is 2. The summed E-state index contributed by atoms with van der Waals surface area (Å²) < 4.78 is 2.02.